The van der Waals surface area contributed by atoms with Crippen LogP contribution >= 0.6 is 0 Å². The van der Waals surface area contributed by atoms with Gasteiger partial charge in [0.1, 0.15) is 5.75 Å². The van der Waals surface area contributed by atoms with Gasteiger partial charge in [0.15, 0.2) is 0 Å². The van der Waals surface area contributed by atoms with Crippen LogP contribution in [-0.2, 0) is 11.2 Å². The maximum Gasteiger partial charge on any atom is 0.220 e. The first kappa shape index (κ1) is 13.4. The quantitative estimate of drug-likeness (QED) is 0.862. The summed E-state index contributed by atoms with van der Waals surface area (Å²) in [6, 6.07) is 7.13. The van der Waals surface area contributed by atoms with Crippen molar-refractivity contribution < 1.29 is 9.53 Å². The normalized spacial score (nSPS) is 22.2. The van der Waals surface area contributed by atoms with Crippen molar-refractivity contribution in [3.05, 3.63) is 29.3 Å². The summed E-state index contributed by atoms with van der Waals surface area (Å²) in [7, 11) is 0. The monoisotopic (exact) mass is 274 g/mol. The molecule has 20 heavy (non-hydrogen) atoms. The van der Waals surface area contributed by atoms with Crippen molar-refractivity contribution in [2.75, 3.05) is 13.2 Å². The Balaban J connectivity index is 1.62. The minimum atomic E-state index is 0.180. The summed E-state index contributed by atoms with van der Waals surface area (Å²) in [5.74, 6) is 1.21. The lowest BCUT2D eigenvalue weighted by Crippen LogP contribution is -2.37. The average molecular weight is 274 g/mol. The van der Waals surface area contributed by atoms with E-state index in [-0.39, 0.29) is 11.9 Å². The van der Waals surface area contributed by atoms with Gasteiger partial charge in [-0.3, -0.25) is 4.79 Å². The maximum absolute atomic E-state index is 11.2. The molecule has 3 rings (SSSR count). The largest absolute Gasteiger partial charge is 0.493 e. The zero-order chi connectivity index (χ0) is 13.9. The number of amides is 1. The Kier molecular flexibility index (Phi) is 3.92. The summed E-state index contributed by atoms with van der Waals surface area (Å²) in [6.45, 7) is 3.84. The minimum absolute atomic E-state index is 0.180. The highest BCUT2D eigenvalue weighted by atomic mass is 16.5. The van der Waals surface area contributed by atoms with Gasteiger partial charge in [0.05, 0.1) is 6.61 Å². The molecule has 0 aromatic heterocycles. The molecule has 1 fully saturated rings. The second-order valence-electron chi connectivity index (χ2n) is 5.64. The van der Waals surface area contributed by atoms with E-state index in [0.717, 1.165) is 38.2 Å². The van der Waals surface area contributed by atoms with E-state index in [0.29, 0.717) is 12.5 Å². The molecule has 0 radical (unpaired) electrons. The fraction of sp³-hybridized carbons (Fsp3) is 0.562. The van der Waals surface area contributed by atoms with Gasteiger partial charge in [-0.05, 0) is 30.0 Å². The van der Waals surface area contributed by atoms with Crippen molar-refractivity contribution in [3.8, 4) is 5.75 Å². The fourth-order valence-corrected chi connectivity index (χ4v) is 3.04. The number of carbonyl (C=O) groups is 1. The number of nitrogens with one attached hydrogen (secondary N) is 2. The molecule has 2 unspecified atom stereocenters. The molecule has 1 aromatic carbocycles. The van der Waals surface area contributed by atoms with Crippen LogP contribution in [0.2, 0.25) is 0 Å². The molecule has 4 nitrogen and oxygen atoms in total. The highest BCUT2D eigenvalue weighted by Crippen LogP contribution is 2.29. The van der Waals surface area contributed by atoms with Gasteiger partial charge in [0, 0.05) is 31.5 Å². The van der Waals surface area contributed by atoms with Crippen LogP contribution in [0.1, 0.15) is 43.4 Å². The topological polar surface area (TPSA) is 50.4 Å². The average Bonchev–Trinajstić information content (AvgIpc) is 3.07. The van der Waals surface area contributed by atoms with Crippen molar-refractivity contribution in [3.63, 3.8) is 0 Å². The summed E-state index contributed by atoms with van der Waals surface area (Å²) >= 11 is 0. The zero-order valence-electron chi connectivity index (χ0n) is 11.9. The van der Waals surface area contributed by atoms with E-state index in [2.05, 4.69) is 35.8 Å². The Labute approximate surface area is 119 Å². The molecule has 2 atom stereocenters. The molecule has 0 saturated carbocycles. The number of fused-ring (bicyclic) bond motifs is 1. The predicted molar refractivity (Wildman–Crippen MR) is 77.8 cm³/mol. The van der Waals surface area contributed by atoms with Gasteiger partial charge >= 0.3 is 0 Å². The van der Waals surface area contributed by atoms with E-state index >= 15 is 0 Å². The molecular formula is C16H22N2O2. The third-order valence-electron chi connectivity index (χ3n) is 4.22. The number of carbonyl (C=O) groups excluding carboxylic acids is 1. The van der Waals surface area contributed by atoms with E-state index < -0.39 is 0 Å². The fourth-order valence-electron chi connectivity index (χ4n) is 3.04. The molecule has 1 aromatic rings. The van der Waals surface area contributed by atoms with Crippen molar-refractivity contribution in [1.82, 2.24) is 10.6 Å². The predicted octanol–water partition coefficient (Wildman–Crippen LogP) is 1.94. The molecule has 1 saturated heterocycles. The molecule has 4 heteroatoms. The Morgan fingerprint density at radius 1 is 1.45 bits per heavy atom. The Morgan fingerprint density at radius 3 is 3.10 bits per heavy atom. The van der Waals surface area contributed by atoms with Gasteiger partial charge in [-0.15, -0.1) is 0 Å². The van der Waals surface area contributed by atoms with Crippen LogP contribution in [0.15, 0.2) is 18.2 Å². The van der Waals surface area contributed by atoms with Gasteiger partial charge in [-0.2, -0.15) is 0 Å². The Hall–Kier alpha value is -1.55. The standard InChI is InChI=1S/C16H22N2O2/c1-2-14(17-10-13-4-6-16(19)18-13)11-3-5-15-12(9-11)7-8-20-15/h3,5,9,13-14,17H,2,4,6-8,10H2,1H3,(H,18,19). The van der Waals surface area contributed by atoms with Gasteiger partial charge in [-0.25, -0.2) is 0 Å². The number of hydrogen-bond donors (Lipinski definition) is 2. The van der Waals surface area contributed by atoms with Crippen molar-refractivity contribution >= 4 is 5.91 Å². The lowest BCUT2D eigenvalue weighted by Gasteiger charge is -2.20. The zero-order valence-corrected chi connectivity index (χ0v) is 11.9. The van der Waals surface area contributed by atoms with Crippen LogP contribution in [0.25, 0.3) is 0 Å². The maximum atomic E-state index is 11.2. The van der Waals surface area contributed by atoms with Crippen LogP contribution in [0.3, 0.4) is 0 Å². The summed E-state index contributed by atoms with van der Waals surface area (Å²) in [6.07, 6.45) is 3.66. The molecule has 0 bridgehead atoms. The molecule has 108 valence electrons. The summed E-state index contributed by atoms with van der Waals surface area (Å²) in [5.41, 5.74) is 2.64. The summed E-state index contributed by atoms with van der Waals surface area (Å²) in [5, 5.41) is 6.59. The first-order chi connectivity index (χ1) is 9.76. The lowest BCUT2D eigenvalue weighted by atomic mass is 10.0. The number of rotatable bonds is 5. The van der Waals surface area contributed by atoms with Crippen molar-refractivity contribution in [2.45, 2.75) is 44.7 Å². The molecule has 2 heterocycles. The summed E-state index contributed by atoms with van der Waals surface area (Å²) in [4.78, 5) is 11.2. The molecule has 1 amide bonds. The summed E-state index contributed by atoms with van der Waals surface area (Å²) < 4.78 is 5.55. The van der Waals surface area contributed by atoms with E-state index in [9.17, 15) is 4.79 Å². The number of hydrogen-bond acceptors (Lipinski definition) is 3. The second kappa shape index (κ2) is 5.83. The van der Waals surface area contributed by atoms with Gasteiger partial charge in [0.2, 0.25) is 5.91 Å². The van der Waals surface area contributed by atoms with Crippen LogP contribution in [0.5, 0.6) is 5.75 Å². The highest BCUT2D eigenvalue weighted by molar-refractivity contribution is 5.78. The Bertz CT molecular complexity index is 501. The highest BCUT2D eigenvalue weighted by Gasteiger charge is 2.22. The van der Waals surface area contributed by atoms with E-state index in [1.54, 1.807) is 0 Å². The molecule has 2 N–H and O–H groups in total. The van der Waals surface area contributed by atoms with Crippen LogP contribution < -0.4 is 15.4 Å². The first-order valence-corrected chi connectivity index (χ1v) is 7.54. The van der Waals surface area contributed by atoms with E-state index in [1.165, 1.54) is 11.1 Å². The van der Waals surface area contributed by atoms with Gasteiger partial charge in [0.25, 0.3) is 0 Å². The molecular weight excluding hydrogens is 252 g/mol. The van der Waals surface area contributed by atoms with Crippen LogP contribution in [0.4, 0.5) is 0 Å². The number of benzene rings is 1. The first-order valence-electron chi connectivity index (χ1n) is 7.54. The molecule has 2 aliphatic rings. The van der Waals surface area contributed by atoms with E-state index in [1.807, 2.05) is 0 Å². The minimum Gasteiger partial charge on any atom is -0.493 e. The third kappa shape index (κ3) is 2.80. The Morgan fingerprint density at radius 2 is 2.35 bits per heavy atom. The third-order valence-corrected chi connectivity index (χ3v) is 4.22. The molecule has 2 aliphatic heterocycles. The number of ether oxygens (including phenoxy) is 1. The molecule has 0 aliphatic carbocycles. The van der Waals surface area contributed by atoms with Gasteiger partial charge in [-0.1, -0.05) is 19.1 Å². The second-order valence-corrected chi connectivity index (χ2v) is 5.64. The SMILES string of the molecule is CCC(NCC1CCC(=O)N1)c1ccc2c(c1)CCO2. The van der Waals surface area contributed by atoms with E-state index in [4.69, 9.17) is 4.74 Å². The molecule has 0 spiro atoms. The van der Waals surface area contributed by atoms with Crippen LogP contribution in [-0.4, -0.2) is 25.1 Å². The van der Waals surface area contributed by atoms with Crippen LogP contribution in [0, 0.1) is 0 Å². The van der Waals surface area contributed by atoms with Gasteiger partial charge < -0.3 is 15.4 Å². The lowest BCUT2D eigenvalue weighted by molar-refractivity contribution is -0.119. The smallest absolute Gasteiger partial charge is 0.220 e. The van der Waals surface area contributed by atoms with Crippen molar-refractivity contribution in [1.29, 1.82) is 0 Å². The van der Waals surface area contributed by atoms with Crippen molar-refractivity contribution in [2.24, 2.45) is 0 Å².